The fourth-order valence-electron chi connectivity index (χ4n) is 2.59. The average Bonchev–Trinajstić information content (AvgIpc) is 3.06. The van der Waals surface area contributed by atoms with Crippen LogP contribution in [0.5, 0.6) is 11.6 Å². The van der Waals surface area contributed by atoms with E-state index in [0.29, 0.717) is 12.5 Å². The monoisotopic (exact) mass is 387 g/mol. The number of nitrogens with zero attached hydrogens (tertiary/aromatic N) is 3. The summed E-state index contributed by atoms with van der Waals surface area (Å²) in [6, 6.07) is 16.2. The second-order valence-corrected chi connectivity index (χ2v) is 6.51. The summed E-state index contributed by atoms with van der Waals surface area (Å²) < 4.78 is 13.1. The fraction of sp³-hybridized carbons (Fsp3) is 0.286. The Kier molecular flexibility index (Phi) is 7.28. The lowest BCUT2D eigenvalue weighted by atomic mass is 10.1. The van der Waals surface area contributed by atoms with Crippen LogP contribution in [0.1, 0.15) is 5.56 Å². The van der Waals surface area contributed by atoms with Gasteiger partial charge >= 0.3 is 0 Å². The van der Waals surface area contributed by atoms with Gasteiger partial charge in [0.25, 0.3) is 0 Å². The highest BCUT2D eigenvalue weighted by molar-refractivity contribution is 5.85. The quantitative estimate of drug-likeness (QED) is 0.608. The van der Waals surface area contributed by atoms with Crippen molar-refractivity contribution in [1.29, 1.82) is 0 Å². The lowest BCUT2D eigenvalue weighted by molar-refractivity contribution is 0.253. The van der Waals surface area contributed by atoms with Gasteiger partial charge in [0.05, 0.1) is 18.4 Å². The van der Waals surface area contributed by atoms with Crippen molar-refractivity contribution >= 4 is 12.4 Å². The lowest BCUT2D eigenvalue weighted by Gasteiger charge is -2.10. The SMILES string of the molecule is COc1ccc(-n2cc(-c3ccc(C)cc3)c(OCCN(C)C)n2)cc1.Cl. The Morgan fingerprint density at radius 2 is 1.67 bits per heavy atom. The largest absolute Gasteiger partial charge is 0.497 e. The molecule has 1 heterocycles. The van der Waals surface area contributed by atoms with Gasteiger partial charge in [-0.15, -0.1) is 17.5 Å². The molecule has 0 saturated heterocycles. The first-order valence-corrected chi connectivity index (χ1v) is 8.65. The summed E-state index contributed by atoms with van der Waals surface area (Å²) >= 11 is 0. The molecule has 0 bridgehead atoms. The van der Waals surface area contributed by atoms with E-state index in [1.165, 1.54) is 5.56 Å². The van der Waals surface area contributed by atoms with Crippen molar-refractivity contribution < 1.29 is 9.47 Å². The maximum absolute atomic E-state index is 5.98. The predicted octanol–water partition coefficient (Wildman–Crippen LogP) is 4.22. The van der Waals surface area contributed by atoms with Crippen LogP contribution >= 0.6 is 12.4 Å². The van der Waals surface area contributed by atoms with Crippen molar-refractivity contribution in [2.45, 2.75) is 6.92 Å². The second kappa shape index (κ2) is 9.44. The molecule has 3 aromatic rings. The number of hydrogen-bond acceptors (Lipinski definition) is 4. The number of methoxy groups -OCH3 is 1. The number of halogens is 1. The summed E-state index contributed by atoms with van der Waals surface area (Å²) in [4.78, 5) is 2.09. The van der Waals surface area contributed by atoms with Crippen molar-refractivity contribution in [3.05, 3.63) is 60.3 Å². The molecule has 144 valence electrons. The average molecular weight is 388 g/mol. The van der Waals surface area contributed by atoms with Crippen LogP contribution < -0.4 is 9.47 Å². The lowest BCUT2D eigenvalue weighted by Crippen LogP contribution is -2.19. The maximum Gasteiger partial charge on any atom is 0.241 e. The Morgan fingerprint density at radius 3 is 2.26 bits per heavy atom. The molecule has 27 heavy (non-hydrogen) atoms. The Morgan fingerprint density at radius 1 is 1.00 bits per heavy atom. The Balaban J connectivity index is 0.00000261. The summed E-state index contributed by atoms with van der Waals surface area (Å²) in [6.07, 6.45) is 2.01. The molecule has 3 rings (SSSR count). The van der Waals surface area contributed by atoms with Crippen LogP contribution in [0.4, 0.5) is 0 Å². The zero-order valence-corrected chi connectivity index (χ0v) is 17.0. The molecule has 0 atom stereocenters. The Bertz CT molecular complexity index is 843. The topological polar surface area (TPSA) is 39.5 Å². The number of ether oxygens (including phenoxy) is 2. The number of rotatable bonds is 7. The molecular weight excluding hydrogens is 362 g/mol. The van der Waals surface area contributed by atoms with Crippen LogP contribution in [0, 0.1) is 6.92 Å². The maximum atomic E-state index is 5.98. The summed E-state index contributed by atoms with van der Waals surface area (Å²) in [5.41, 5.74) is 4.27. The minimum absolute atomic E-state index is 0. The van der Waals surface area contributed by atoms with E-state index >= 15 is 0 Å². The number of aromatic nitrogens is 2. The van der Waals surface area contributed by atoms with Crippen LogP contribution in [0.25, 0.3) is 16.8 Å². The summed E-state index contributed by atoms with van der Waals surface area (Å²) in [5.74, 6) is 1.47. The van der Waals surface area contributed by atoms with E-state index < -0.39 is 0 Å². The van der Waals surface area contributed by atoms with Gasteiger partial charge in [-0.3, -0.25) is 0 Å². The Hall–Kier alpha value is -2.50. The van der Waals surface area contributed by atoms with E-state index in [9.17, 15) is 0 Å². The highest BCUT2D eigenvalue weighted by Gasteiger charge is 2.14. The molecule has 1 aromatic heterocycles. The van der Waals surface area contributed by atoms with Crippen molar-refractivity contribution in [3.63, 3.8) is 0 Å². The molecule has 0 N–H and O–H groups in total. The van der Waals surface area contributed by atoms with Crippen LogP contribution in [0.15, 0.2) is 54.7 Å². The predicted molar refractivity (Wildman–Crippen MR) is 112 cm³/mol. The molecule has 0 aliphatic heterocycles. The third kappa shape index (κ3) is 5.25. The van der Waals surface area contributed by atoms with Crippen LogP contribution in [0.3, 0.4) is 0 Å². The van der Waals surface area contributed by atoms with Gasteiger partial charge in [0.15, 0.2) is 0 Å². The summed E-state index contributed by atoms with van der Waals surface area (Å²) in [5, 5.41) is 4.67. The molecule has 0 saturated carbocycles. The number of benzene rings is 2. The summed E-state index contributed by atoms with van der Waals surface area (Å²) in [7, 11) is 5.72. The van der Waals surface area contributed by atoms with E-state index in [0.717, 1.165) is 29.1 Å². The molecule has 0 radical (unpaired) electrons. The van der Waals surface area contributed by atoms with Gasteiger partial charge in [-0.05, 0) is 50.8 Å². The van der Waals surface area contributed by atoms with Gasteiger partial charge in [0.1, 0.15) is 12.4 Å². The number of hydrogen-bond donors (Lipinski definition) is 0. The van der Waals surface area contributed by atoms with E-state index in [2.05, 4.69) is 41.2 Å². The second-order valence-electron chi connectivity index (χ2n) is 6.51. The van der Waals surface area contributed by atoms with Crippen molar-refractivity contribution in [2.24, 2.45) is 0 Å². The first-order chi connectivity index (χ1) is 12.6. The molecule has 0 unspecified atom stereocenters. The minimum Gasteiger partial charge on any atom is -0.497 e. The third-order valence-corrected chi connectivity index (χ3v) is 4.16. The summed E-state index contributed by atoms with van der Waals surface area (Å²) in [6.45, 7) is 3.51. The molecule has 2 aromatic carbocycles. The molecule has 5 nitrogen and oxygen atoms in total. The van der Waals surface area contributed by atoms with Crippen LogP contribution in [-0.4, -0.2) is 49.0 Å². The zero-order valence-electron chi connectivity index (χ0n) is 16.2. The van der Waals surface area contributed by atoms with Gasteiger partial charge in [-0.25, -0.2) is 4.68 Å². The smallest absolute Gasteiger partial charge is 0.241 e. The van der Waals surface area contributed by atoms with Crippen molar-refractivity contribution in [3.8, 4) is 28.4 Å². The molecule has 0 aliphatic rings. The normalized spacial score (nSPS) is 10.6. The van der Waals surface area contributed by atoms with E-state index in [1.807, 2.05) is 49.2 Å². The molecule has 0 spiro atoms. The van der Waals surface area contributed by atoms with Gasteiger partial charge in [-0.1, -0.05) is 29.8 Å². The minimum atomic E-state index is 0. The molecule has 0 aliphatic carbocycles. The molecule has 0 amide bonds. The van der Waals surface area contributed by atoms with E-state index in [4.69, 9.17) is 9.47 Å². The first-order valence-electron chi connectivity index (χ1n) is 8.65. The van der Waals surface area contributed by atoms with Gasteiger partial charge in [-0.2, -0.15) is 0 Å². The Labute approximate surface area is 166 Å². The standard InChI is InChI=1S/C21H25N3O2.ClH/c1-16-5-7-17(8-6-16)20-15-24(18-9-11-19(25-4)12-10-18)22-21(20)26-14-13-23(2)3;/h5-12,15H,13-14H2,1-4H3;1H. The highest BCUT2D eigenvalue weighted by atomic mass is 35.5. The van der Waals surface area contributed by atoms with Gasteiger partial charge < -0.3 is 14.4 Å². The van der Waals surface area contributed by atoms with Crippen LogP contribution in [-0.2, 0) is 0 Å². The van der Waals surface area contributed by atoms with Crippen LogP contribution in [0.2, 0.25) is 0 Å². The first kappa shape index (κ1) is 20.8. The highest BCUT2D eigenvalue weighted by Crippen LogP contribution is 2.30. The molecular formula is C21H26ClN3O2. The number of aryl methyl sites for hydroxylation is 1. The zero-order chi connectivity index (χ0) is 18.5. The molecule has 6 heteroatoms. The fourth-order valence-corrected chi connectivity index (χ4v) is 2.59. The van der Waals surface area contributed by atoms with Crippen molar-refractivity contribution in [1.82, 2.24) is 14.7 Å². The van der Waals surface area contributed by atoms with E-state index in [-0.39, 0.29) is 12.4 Å². The molecule has 0 fully saturated rings. The van der Waals surface area contributed by atoms with Gasteiger partial charge in [0.2, 0.25) is 5.88 Å². The third-order valence-electron chi connectivity index (χ3n) is 4.16. The van der Waals surface area contributed by atoms with Gasteiger partial charge in [0, 0.05) is 12.7 Å². The van der Waals surface area contributed by atoms with E-state index in [1.54, 1.807) is 7.11 Å². The number of likely N-dealkylation sites (N-methyl/N-ethyl adjacent to an activating group) is 1. The van der Waals surface area contributed by atoms with Crippen molar-refractivity contribution in [2.75, 3.05) is 34.4 Å².